The molecule has 3 aromatic rings. The summed E-state index contributed by atoms with van der Waals surface area (Å²) in [5, 5.41) is 33.9. The lowest BCUT2D eigenvalue weighted by Crippen LogP contribution is -2.19. The van der Waals surface area contributed by atoms with Crippen LogP contribution in [-0.4, -0.2) is 43.1 Å². The Morgan fingerprint density at radius 2 is 1.84 bits per heavy atom. The van der Waals surface area contributed by atoms with Crippen LogP contribution < -0.4 is 0 Å². The number of aliphatic hydroxyl groups is 2. The molecule has 32 heavy (non-hydrogen) atoms. The van der Waals surface area contributed by atoms with Crippen molar-refractivity contribution in [1.29, 1.82) is 0 Å². The minimum atomic E-state index is -1.15. The molecule has 0 bridgehead atoms. The number of rotatable bonds is 8. The first-order valence-corrected chi connectivity index (χ1v) is 10.6. The molecule has 0 amide bonds. The predicted octanol–water partition coefficient (Wildman–Crippen LogP) is 4.48. The first-order valence-electron chi connectivity index (χ1n) is 10.6. The second-order valence-electron chi connectivity index (χ2n) is 8.48. The molecule has 3 N–H and O–H groups in total. The van der Waals surface area contributed by atoms with E-state index in [0.717, 1.165) is 39.2 Å². The highest BCUT2D eigenvalue weighted by Gasteiger charge is 2.21. The zero-order valence-corrected chi connectivity index (χ0v) is 18.7. The molecule has 2 atom stereocenters. The lowest BCUT2D eigenvalue weighted by molar-refractivity contribution is -0.139. The quantitative estimate of drug-likeness (QED) is 0.480. The predicted molar refractivity (Wildman–Crippen MR) is 122 cm³/mol. The highest BCUT2D eigenvalue weighted by Crippen LogP contribution is 2.36. The number of hydrogen-bond acceptors (Lipinski definition) is 4. The number of carbonyl (C=O) groups is 1. The summed E-state index contributed by atoms with van der Waals surface area (Å²) in [4.78, 5) is 10.8. The molecule has 0 radical (unpaired) electrons. The number of benzene rings is 1. The van der Waals surface area contributed by atoms with Gasteiger partial charge in [-0.15, -0.1) is 0 Å². The number of aliphatic carboxylic acids is 1. The van der Waals surface area contributed by atoms with Crippen molar-refractivity contribution in [3.8, 4) is 11.1 Å². The minimum Gasteiger partial charge on any atom is -0.481 e. The standard InChI is InChI=1S/C25H29FN2O4/c1-14(2)24-21(10-9-19(29)12-20(30)13-22(31)32)23(17-5-7-18(26)8-6-17)25-15(3)11-16(4)28(25)27-24/h5-11,14,19-20,29-30H,12-13H2,1-4H3,(H,31,32)/b10-9+. The van der Waals surface area contributed by atoms with Gasteiger partial charge in [0.15, 0.2) is 0 Å². The summed E-state index contributed by atoms with van der Waals surface area (Å²) in [6.07, 6.45) is 0.605. The average molecular weight is 441 g/mol. The molecular weight excluding hydrogens is 411 g/mol. The number of carboxylic acids is 1. The van der Waals surface area contributed by atoms with Gasteiger partial charge >= 0.3 is 5.97 Å². The third kappa shape index (κ3) is 5.06. The molecule has 0 saturated heterocycles. The van der Waals surface area contributed by atoms with E-state index in [1.807, 2.05) is 38.3 Å². The van der Waals surface area contributed by atoms with Crippen LogP contribution >= 0.6 is 0 Å². The number of aryl methyl sites for hydroxylation is 2. The largest absolute Gasteiger partial charge is 0.481 e. The Kier molecular flexibility index (Phi) is 7.11. The second kappa shape index (κ2) is 9.63. The minimum absolute atomic E-state index is 0.0649. The van der Waals surface area contributed by atoms with Crippen LogP contribution in [0.4, 0.5) is 4.39 Å². The molecule has 6 nitrogen and oxygen atoms in total. The zero-order valence-electron chi connectivity index (χ0n) is 18.7. The maximum Gasteiger partial charge on any atom is 0.305 e. The monoisotopic (exact) mass is 440 g/mol. The van der Waals surface area contributed by atoms with Crippen LogP contribution in [0.3, 0.4) is 0 Å². The maximum atomic E-state index is 13.6. The smallest absolute Gasteiger partial charge is 0.305 e. The Morgan fingerprint density at radius 3 is 2.44 bits per heavy atom. The summed E-state index contributed by atoms with van der Waals surface area (Å²) < 4.78 is 15.5. The van der Waals surface area contributed by atoms with Gasteiger partial charge in [-0.25, -0.2) is 8.91 Å². The van der Waals surface area contributed by atoms with Crippen LogP contribution in [0, 0.1) is 19.7 Å². The Labute approximate surface area is 186 Å². The molecule has 0 aliphatic heterocycles. The fourth-order valence-corrected chi connectivity index (χ4v) is 3.99. The molecule has 0 aliphatic carbocycles. The summed E-state index contributed by atoms with van der Waals surface area (Å²) in [5.41, 5.74) is 6.22. The molecule has 3 rings (SSSR count). The Hall–Kier alpha value is -3.03. The van der Waals surface area contributed by atoms with Gasteiger partial charge in [-0.3, -0.25) is 4.79 Å². The van der Waals surface area contributed by atoms with Crippen molar-refractivity contribution >= 4 is 17.6 Å². The van der Waals surface area contributed by atoms with Gasteiger partial charge in [0, 0.05) is 23.2 Å². The number of hydrogen-bond donors (Lipinski definition) is 3. The van der Waals surface area contributed by atoms with E-state index in [1.54, 1.807) is 24.3 Å². The number of halogens is 1. The van der Waals surface area contributed by atoms with Crippen LogP contribution in [0.25, 0.3) is 22.7 Å². The number of aliphatic hydroxyl groups excluding tert-OH is 2. The van der Waals surface area contributed by atoms with Crippen LogP contribution in [0.15, 0.2) is 36.4 Å². The molecule has 0 fully saturated rings. The molecular formula is C25H29FN2O4. The third-order valence-electron chi connectivity index (χ3n) is 5.42. The summed E-state index contributed by atoms with van der Waals surface area (Å²) >= 11 is 0. The van der Waals surface area contributed by atoms with Crippen molar-refractivity contribution in [2.24, 2.45) is 0 Å². The number of carboxylic acid groups (broad SMARTS) is 1. The van der Waals surface area contributed by atoms with Crippen molar-refractivity contribution in [2.45, 2.75) is 58.7 Å². The molecule has 0 aliphatic rings. The van der Waals surface area contributed by atoms with Gasteiger partial charge in [0.25, 0.3) is 0 Å². The highest BCUT2D eigenvalue weighted by atomic mass is 19.1. The summed E-state index contributed by atoms with van der Waals surface area (Å²) in [7, 11) is 0. The molecule has 2 unspecified atom stereocenters. The lowest BCUT2D eigenvalue weighted by atomic mass is 9.92. The maximum absolute atomic E-state index is 13.6. The molecule has 0 spiro atoms. The van der Waals surface area contributed by atoms with E-state index in [4.69, 9.17) is 10.2 Å². The summed E-state index contributed by atoms with van der Waals surface area (Å²) in [6, 6.07) is 8.32. The van der Waals surface area contributed by atoms with Gasteiger partial charge in [-0.2, -0.15) is 5.10 Å². The van der Waals surface area contributed by atoms with Crippen LogP contribution in [0.1, 0.15) is 55.1 Å². The van der Waals surface area contributed by atoms with E-state index in [0.29, 0.717) is 0 Å². The Bertz CT molecular complexity index is 1150. The van der Waals surface area contributed by atoms with E-state index in [2.05, 4.69) is 0 Å². The van der Waals surface area contributed by atoms with Crippen molar-refractivity contribution in [3.05, 3.63) is 64.7 Å². The molecule has 0 saturated carbocycles. The fourth-order valence-electron chi connectivity index (χ4n) is 3.99. The van der Waals surface area contributed by atoms with Crippen LogP contribution in [0.5, 0.6) is 0 Å². The van der Waals surface area contributed by atoms with Crippen molar-refractivity contribution in [3.63, 3.8) is 0 Å². The van der Waals surface area contributed by atoms with E-state index < -0.39 is 24.6 Å². The van der Waals surface area contributed by atoms with E-state index in [-0.39, 0.29) is 18.2 Å². The Balaban J connectivity index is 2.18. The van der Waals surface area contributed by atoms with Crippen LogP contribution in [0.2, 0.25) is 0 Å². The number of fused-ring (bicyclic) bond motifs is 1. The SMILES string of the molecule is Cc1cc(C)n2nc(C(C)C)c(/C=C/C(O)CC(O)CC(=O)O)c(-c3ccc(F)cc3)c12. The van der Waals surface area contributed by atoms with Gasteiger partial charge in [0.1, 0.15) is 5.82 Å². The third-order valence-corrected chi connectivity index (χ3v) is 5.42. The first-order chi connectivity index (χ1) is 15.1. The van der Waals surface area contributed by atoms with Crippen molar-refractivity contribution in [2.75, 3.05) is 0 Å². The fraction of sp³-hybridized carbons (Fsp3) is 0.360. The van der Waals surface area contributed by atoms with Crippen LogP contribution in [-0.2, 0) is 4.79 Å². The van der Waals surface area contributed by atoms with Gasteiger partial charge in [-0.05, 0) is 49.1 Å². The number of nitrogens with zero attached hydrogens (tertiary/aromatic N) is 2. The first kappa shape index (κ1) is 23.6. The van der Waals surface area contributed by atoms with E-state index in [1.165, 1.54) is 12.1 Å². The van der Waals surface area contributed by atoms with Crippen molar-refractivity contribution < 1.29 is 24.5 Å². The zero-order chi connectivity index (χ0) is 23.6. The topological polar surface area (TPSA) is 95.1 Å². The molecule has 1 aromatic carbocycles. The van der Waals surface area contributed by atoms with Gasteiger partial charge in [-0.1, -0.05) is 38.1 Å². The van der Waals surface area contributed by atoms with E-state index in [9.17, 15) is 19.4 Å². The second-order valence-corrected chi connectivity index (χ2v) is 8.48. The van der Waals surface area contributed by atoms with Gasteiger partial charge < -0.3 is 15.3 Å². The Morgan fingerprint density at radius 1 is 1.19 bits per heavy atom. The normalized spacial score (nSPS) is 13.9. The van der Waals surface area contributed by atoms with Gasteiger partial charge in [0.2, 0.25) is 0 Å². The molecule has 170 valence electrons. The average Bonchev–Trinajstić information content (AvgIpc) is 2.98. The highest BCUT2D eigenvalue weighted by molar-refractivity contribution is 5.90. The number of aromatic nitrogens is 2. The summed E-state index contributed by atoms with van der Waals surface area (Å²) in [6.45, 7) is 8.03. The van der Waals surface area contributed by atoms with E-state index >= 15 is 0 Å². The van der Waals surface area contributed by atoms with Gasteiger partial charge in [0.05, 0.1) is 29.8 Å². The molecule has 7 heteroatoms. The summed E-state index contributed by atoms with van der Waals surface area (Å²) in [5.74, 6) is -1.38. The molecule has 2 aromatic heterocycles. The lowest BCUT2D eigenvalue weighted by Gasteiger charge is -2.18. The molecule has 2 heterocycles. The van der Waals surface area contributed by atoms with Crippen molar-refractivity contribution in [1.82, 2.24) is 9.61 Å².